The Kier molecular flexibility index (Phi) is 6.09. The fraction of sp³-hybridized carbons (Fsp3) is 0.929. The van der Waals surface area contributed by atoms with Crippen molar-refractivity contribution in [2.45, 2.75) is 33.1 Å². The first-order valence-corrected chi connectivity index (χ1v) is 7.01. The molecule has 4 heteroatoms. The third-order valence-electron chi connectivity index (χ3n) is 3.38. The Balaban J connectivity index is 2.23. The molecular formula is C14H29N3O. The smallest absolute Gasteiger partial charge is 0.220 e. The second kappa shape index (κ2) is 7.10. The number of hydrogen-bond acceptors (Lipinski definition) is 3. The molecule has 106 valence electrons. The van der Waals surface area contributed by atoms with Crippen molar-refractivity contribution >= 4 is 5.91 Å². The van der Waals surface area contributed by atoms with Crippen LogP contribution in [0.4, 0.5) is 0 Å². The highest BCUT2D eigenvalue weighted by atomic mass is 16.1. The lowest BCUT2D eigenvalue weighted by Gasteiger charge is -2.29. The standard InChI is InChI=1S/C14H29N3O/c1-14(2,11-17(3)4)10-16-13(18)8-12-6-5-7-15-9-12/h12,15H,5-11H2,1-4H3,(H,16,18). The minimum absolute atomic E-state index is 0.129. The zero-order valence-corrected chi connectivity index (χ0v) is 12.4. The molecule has 0 saturated carbocycles. The topological polar surface area (TPSA) is 44.4 Å². The molecule has 2 N–H and O–H groups in total. The number of carbonyl (C=O) groups is 1. The highest BCUT2D eigenvalue weighted by molar-refractivity contribution is 5.76. The van der Waals surface area contributed by atoms with Crippen LogP contribution in [0.15, 0.2) is 0 Å². The molecule has 0 radical (unpaired) electrons. The van der Waals surface area contributed by atoms with Gasteiger partial charge < -0.3 is 15.5 Å². The van der Waals surface area contributed by atoms with E-state index in [2.05, 4.69) is 43.5 Å². The van der Waals surface area contributed by atoms with Gasteiger partial charge in [0.2, 0.25) is 5.91 Å². The minimum Gasteiger partial charge on any atom is -0.356 e. The Bertz CT molecular complexity index is 258. The van der Waals surface area contributed by atoms with Crippen LogP contribution in [0.1, 0.15) is 33.1 Å². The molecule has 1 aliphatic rings. The maximum atomic E-state index is 11.9. The molecular weight excluding hydrogens is 226 g/mol. The van der Waals surface area contributed by atoms with Crippen molar-refractivity contribution in [2.24, 2.45) is 11.3 Å². The summed E-state index contributed by atoms with van der Waals surface area (Å²) in [6.07, 6.45) is 3.05. The number of nitrogens with one attached hydrogen (secondary N) is 2. The van der Waals surface area contributed by atoms with Gasteiger partial charge in [-0.15, -0.1) is 0 Å². The van der Waals surface area contributed by atoms with E-state index < -0.39 is 0 Å². The molecule has 0 spiro atoms. The van der Waals surface area contributed by atoms with Crippen molar-refractivity contribution in [1.82, 2.24) is 15.5 Å². The van der Waals surface area contributed by atoms with Crippen LogP contribution in [-0.4, -0.2) is 51.1 Å². The molecule has 1 heterocycles. The van der Waals surface area contributed by atoms with E-state index in [1.54, 1.807) is 0 Å². The summed E-state index contributed by atoms with van der Waals surface area (Å²) in [7, 11) is 4.13. The van der Waals surface area contributed by atoms with Crippen molar-refractivity contribution in [2.75, 3.05) is 40.3 Å². The predicted octanol–water partition coefficient (Wildman–Crippen LogP) is 1.08. The van der Waals surface area contributed by atoms with Crippen LogP contribution in [0.2, 0.25) is 0 Å². The Morgan fingerprint density at radius 3 is 2.72 bits per heavy atom. The Morgan fingerprint density at radius 1 is 1.44 bits per heavy atom. The summed E-state index contributed by atoms with van der Waals surface area (Å²) in [6.45, 7) is 8.22. The van der Waals surface area contributed by atoms with Crippen LogP contribution in [-0.2, 0) is 4.79 Å². The van der Waals surface area contributed by atoms with E-state index in [1.165, 1.54) is 12.8 Å². The first-order chi connectivity index (χ1) is 8.39. The summed E-state index contributed by atoms with van der Waals surface area (Å²) in [4.78, 5) is 14.1. The van der Waals surface area contributed by atoms with Gasteiger partial charge in [0, 0.05) is 19.5 Å². The van der Waals surface area contributed by atoms with Crippen LogP contribution >= 0.6 is 0 Å². The Labute approximate surface area is 111 Å². The van der Waals surface area contributed by atoms with Gasteiger partial charge in [-0.2, -0.15) is 0 Å². The van der Waals surface area contributed by atoms with Crippen molar-refractivity contribution < 1.29 is 4.79 Å². The van der Waals surface area contributed by atoms with Gasteiger partial charge in [-0.05, 0) is 51.4 Å². The maximum absolute atomic E-state index is 11.9. The fourth-order valence-corrected chi connectivity index (χ4v) is 2.68. The molecule has 1 amide bonds. The summed E-state index contributed by atoms with van der Waals surface area (Å²) in [5.41, 5.74) is 0.129. The number of nitrogens with zero attached hydrogens (tertiary/aromatic N) is 1. The number of rotatable bonds is 6. The van der Waals surface area contributed by atoms with Crippen LogP contribution in [0.25, 0.3) is 0 Å². The maximum Gasteiger partial charge on any atom is 0.220 e. The highest BCUT2D eigenvalue weighted by Gasteiger charge is 2.21. The van der Waals surface area contributed by atoms with Crippen molar-refractivity contribution in [1.29, 1.82) is 0 Å². The van der Waals surface area contributed by atoms with E-state index in [9.17, 15) is 4.79 Å². The lowest BCUT2D eigenvalue weighted by Crippen LogP contribution is -2.41. The van der Waals surface area contributed by atoms with Gasteiger partial charge in [-0.1, -0.05) is 13.8 Å². The third kappa shape index (κ3) is 6.36. The first kappa shape index (κ1) is 15.4. The average Bonchev–Trinajstić information content (AvgIpc) is 2.26. The quantitative estimate of drug-likeness (QED) is 0.746. The van der Waals surface area contributed by atoms with Crippen molar-refractivity contribution in [3.63, 3.8) is 0 Å². The molecule has 1 rings (SSSR count). The zero-order chi connectivity index (χ0) is 13.6. The molecule has 1 atom stereocenters. The second-order valence-corrected chi connectivity index (χ2v) is 6.60. The van der Waals surface area contributed by atoms with Crippen LogP contribution in [0.3, 0.4) is 0 Å². The van der Waals surface area contributed by atoms with Crippen LogP contribution in [0, 0.1) is 11.3 Å². The van der Waals surface area contributed by atoms with Crippen molar-refractivity contribution in [3.05, 3.63) is 0 Å². The van der Waals surface area contributed by atoms with Gasteiger partial charge in [0.1, 0.15) is 0 Å². The van der Waals surface area contributed by atoms with Gasteiger partial charge in [0.05, 0.1) is 0 Å². The summed E-state index contributed by atoms with van der Waals surface area (Å²) < 4.78 is 0. The van der Waals surface area contributed by atoms with Crippen molar-refractivity contribution in [3.8, 4) is 0 Å². The molecule has 0 aromatic heterocycles. The molecule has 0 aromatic carbocycles. The number of piperidine rings is 1. The molecule has 1 fully saturated rings. The highest BCUT2D eigenvalue weighted by Crippen LogP contribution is 2.16. The molecule has 1 saturated heterocycles. The minimum atomic E-state index is 0.129. The number of amides is 1. The molecule has 0 aromatic rings. The molecule has 1 unspecified atom stereocenters. The monoisotopic (exact) mass is 255 g/mol. The fourth-order valence-electron chi connectivity index (χ4n) is 2.68. The van der Waals surface area contributed by atoms with Crippen LogP contribution in [0.5, 0.6) is 0 Å². The lowest BCUT2D eigenvalue weighted by molar-refractivity contribution is -0.122. The van der Waals surface area contributed by atoms with Gasteiger partial charge in [0.25, 0.3) is 0 Å². The summed E-state index contributed by atoms with van der Waals surface area (Å²) in [5, 5.41) is 6.43. The molecule has 18 heavy (non-hydrogen) atoms. The zero-order valence-electron chi connectivity index (χ0n) is 12.4. The van der Waals surface area contributed by atoms with Gasteiger partial charge in [-0.3, -0.25) is 4.79 Å². The van der Waals surface area contributed by atoms with E-state index >= 15 is 0 Å². The SMILES string of the molecule is CN(C)CC(C)(C)CNC(=O)CC1CCCNC1. The third-order valence-corrected chi connectivity index (χ3v) is 3.38. The number of hydrogen-bond donors (Lipinski definition) is 2. The second-order valence-electron chi connectivity index (χ2n) is 6.60. The average molecular weight is 255 g/mol. The Morgan fingerprint density at radius 2 is 2.17 bits per heavy atom. The van der Waals surface area contributed by atoms with E-state index in [-0.39, 0.29) is 11.3 Å². The van der Waals surface area contributed by atoms with E-state index in [1.807, 2.05) is 0 Å². The summed E-state index contributed by atoms with van der Waals surface area (Å²) in [5.74, 6) is 0.728. The normalized spacial score (nSPS) is 21.1. The largest absolute Gasteiger partial charge is 0.356 e. The summed E-state index contributed by atoms with van der Waals surface area (Å²) in [6, 6.07) is 0. The van der Waals surface area contributed by atoms with E-state index in [0.717, 1.165) is 26.2 Å². The molecule has 0 bridgehead atoms. The van der Waals surface area contributed by atoms with Gasteiger partial charge in [0.15, 0.2) is 0 Å². The number of carbonyl (C=O) groups excluding carboxylic acids is 1. The predicted molar refractivity (Wildman–Crippen MR) is 75.6 cm³/mol. The molecule has 4 nitrogen and oxygen atoms in total. The van der Waals surface area contributed by atoms with Crippen LogP contribution < -0.4 is 10.6 Å². The van der Waals surface area contributed by atoms with Gasteiger partial charge in [-0.25, -0.2) is 0 Å². The Hall–Kier alpha value is -0.610. The summed E-state index contributed by atoms with van der Waals surface area (Å²) >= 11 is 0. The first-order valence-electron chi connectivity index (χ1n) is 7.01. The lowest BCUT2D eigenvalue weighted by atomic mass is 9.92. The van der Waals surface area contributed by atoms with E-state index in [0.29, 0.717) is 12.3 Å². The van der Waals surface area contributed by atoms with E-state index in [4.69, 9.17) is 0 Å². The molecule has 1 aliphatic heterocycles. The van der Waals surface area contributed by atoms with Gasteiger partial charge >= 0.3 is 0 Å². The molecule has 0 aliphatic carbocycles.